The van der Waals surface area contributed by atoms with Crippen molar-refractivity contribution in [2.45, 2.75) is 17.1 Å². The van der Waals surface area contributed by atoms with Gasteiger partial charge in [-0.1, -0.05) is 77.5 Å². The van der Waals surface area contributed by atoms with Crippen molar-refractivity contribution in [1.29, 1.82) is 0 Å². The highest BCUT2D eigenvalue weighted by atomic mass is 35.5. The number of carbonyl (C=O) groups excluding carboxylic acids is 3. The molecule has 45 heavy (non-hydrogen) atoms. The molecule has 0 radical (unpaired) electrons. The molecule has 5 aromatic rings. The van der Waals surface area contributed by atoms with Gasteiger partial charge in [0.2, 0.25) is 11.0 Å². The number of amides is 3. The van der Waals surface area contributed by atoms with Crippen molar-refractivity contribution >= 4 is 69.3 Å². The smallest absolute Gasteiger partial charge is 0.272 e. The average molecular weight is 658 g/mol. The van der Waals surface area contributed by atoms with Crippen molar-refractivity contribution in [3.63, 3.8) is 0 Å². The number of thioether (sulfide) groups is 1. The largest absolute Gasteiger partial charge is 0.321 e. The number of aryl methyl sites for hydroxylation is 1. The molecule has 5 rings (SSSR count). The Morgan fingerprint density at radius 2 is 1.56 bits per heavy atom. The number of hydrogen-bond donors (Lipinski definition) is 3. The zero-order chi connectivity index (χ0) is 31.8. The zero-order valence-electron chi connectivity index (χ0n) is 23.7. The molecule has 0 bridgehead atoms. The molecule has 3 amide bonds. The summed E-state index contributed by atoms with van der Waals surface area (Å²) >= 11 is 8.81. The lowest BCUT2D eigenvalue weighted by atomic mass is 10.1. The van der Waals surface area contributed by atoms with Gasteiger partial charge in [-0.15, -0.1) is 22.0 Å². The molecule has 0 aliphatic rings. The van der Waals surface area contributed by atoms with E-state index in [2.05, 4.69) is 26.1 Å². The number of benzene rings is 4. The van der Waals surface area contributed by atoms with Crippen molar-refractivity contribution in [1.82, 2.24) is 15.5 Å². The predicted molar refractivity (Wildman–Crippen MR) is 177 cm³/mol. The molecule has 1 atom stereocenters. The molecule has 1 aromatic heterocycles. The monoisotopic (exact) mass is 657 g/mol. The molecular formula is C33H25ClFN5O3S2. The van der Waals surface area contributed by atoms with Crippen molar-refractivity contribution < 1.29 is 18.8 Å². The molecular weight excluding hydrogens is 633 g/mol. The number of aromatic nitrogens is 2. The van der Waals surface area contributed by atoms with Crippen LogP contribution >= 0.6 is 34.7 Å². The molecule has 0 saturated heterocycles. The molecule has 0 fully saturated rings. The van der Waals surface area contributed by atoms with Crippen LogP contribution in [0.25, 0.3) is 6.08 Å². The minimum Gasteiger partial charge on any atom is -0.321 e. The molecule has 0 aliphatic heterocycles. The lowest BCUT2D eigenvalue weighted by molar-refractivity contribution is -0.116. The third kappa shape index (κ3) is 8.42. The normalized spacial score (nSPS) is 11.8. The van der Waals surface area contributed by atoms with E-state index in [0.29, 0.717) is 16.4 Å². The third-order valence-corrected chi connectivity index (χ3v) is 8.63. The summed E-state index contributed by atoms with van der Waals surface area (Å²) in [6, 6.07) is 28.7. The third-order valence-electron chi connectivity index (χ3n) is 6.28. The Labute approximate surface area is 271 Å². The van der Waals surface area contributed by atoms with Gasteiger partial charge in [-0.3, -0.25) is 19.7 Å². The molecule has 8 nitrogen and oxygen atoms in total. The predicted octanol–water partition coefficient (Wildman–Crippen LogP) is 7.52. The molecule has 0 saturated carbocycles. The van der Waals surface area contributed by atoms with Crippen LogP contribution in [0.1, 0.15) is 31.7 Å². The van der Waals surface area contributed by atoms with E-state index < -0.39 is 22.9 Å². The van der Waals surface area contributed by atoms with E-state index in [9.17, 15) is 18.8 Å². The summed E-state index contributed by atoms with van der Waals surface area (Å²) in [7, 11) is 0. The second kappa shape index (κ2) is 14.8. The Bertz CT molecular complexity index is 1830. The van der Waals surface area contributed by atoms with Gasteiger partial charge < -0.3 is 10.6 Å². The zero-order valence-corrected chi connectivity index (χ0v) is 26.1. The van der Waals surface area contributed by atoms with E-state index in [1.807, 2.05) is 37.3 Å². The minimum absolute atomic E-state index is 0.0432. The first kappa shape index (κ1) is 31.6. The van der Waals surface area contributed by atoms with Gasteiger partial charge in [0.05, 0.1) is 5.02 Å². The topological polar surface area (TPSA) is 113 Å². The maximum absolute atomic E-state index is 14.6. The number of hydrogen-bond acceptors (Lipinski definition) is 7. The van der Waals surface area contributed by atoms with Crippen LogP contribution in [-0.4, -0.2) is 27.9 Å². The van der Waals surface area contributed by atoms with E-state index in [1.165, 1.54) is 47.4 Å². The first-order valence-corrected chi connectivity index (χ1v) is 15.6. The summed E-state index contributed by atoms with van der Waals surface area (Å²) in [5.74, 6) is -2.14. The van der Waals surface area contributed by atoms with Gasteiger partial charge in [0.1, 0.15) is 21.8 Å². The number of carbonyl (C=O) groups is 3. The van der Waals surface area contributed by atoms with Crippen LogP contribution in [0.2, 0.25) is 5.02 Å². The summed E-state index contributed by atoms with van der Waals surface area (Å²) in [5.41, 5.74) is 1.28. The number of rotatable bonds is 10. The van der Waals surface area contributed by atoms with Crippen LogP contribution in [0.3, 0.4) is 0 Å². The lowest BCUT2D eigenvalue weighted by Gasteiger charge is -2.16. The van der Waals surface area contributed by atoms with Gasteiger partial charge >= 0.3 is 0 Å². The van der Waals surface area contributed by atoms with Crippen molar-refractivity contribution in [2.75, 3.05) is 10.6 Å². The number of nitrogens with zero attached hydrogens (tertiary/aromatic N) is 2. The van der Waals surface area contributed by atoms with Gasteiger partial charge in [-0.05, 0) is 67.1 Å². The van der Waals surface area contributed by atoms with Gasteiger partial charge in [0.25, 0.3) is 11.8 Å². The summed E-state index contributed by atoms with van der Waals surface area (Å²) < 4.78 is 14.6. The molecule has 226 valence electrons. The van der Waals surface area contributed by atoms with Crippen LogP contribution in [0, 0.1) is 12.7 Å². The molecule has 12 heteroatoms. The highest BCUT2D eigenvalue weighted by Crippen LogP contribution is 2.37. The molecule has 1 unspecified atom stereocenters. The Morgan fingerprint density at radius 3 is 2.20 bits per heavy atom. The highest BCUT2D eigenvalue weighted by Gasteiger charge is 2.23. The Morgan fingerprint density at radius 1 is 0.867 bits per heavy atom. The fraction of sp³-hybridized carbons (Fsp3) is 0.0606. The van der Waals surface area contributed by atoms with Crippen LogP contribution in [0.5, 0.6) is 0 Å². The van der Waals surface area contributed by atoms with E-state index in [1.54, 1.807) is 54.6 Å². The second-order valence-corrected chi connectivity index (χ2v) is 12.3. The SMILES string of the molecule is Cc1nnc(NC(=O)C(Sc2ccc(NC(=O)/C(=C/c3c(F)cccc3Cl)NC(=O)c3ccccc3)cc2)c2ccccc2)s1. The first-order chi connectivity index (χ1) is 21.8. The molecule has 0 aliphatic carbocycles. The summed E-state index contributed by atoms with van der Waals surface area (Å²) in [4.78, 5) is 40.3. The number of halogens is 2. The maximum Gasteiger partial charge on any atom is 0.272 e. The van der Waals surface area contributed by atoms with Crippen LogP contribution in [-0.2, 0) is 9.59 Å². The second-order valence-electron chi connectivity index (χ2n) is 9.52. The number of anilines is 2. The van der Waals surface area contributed by atoms with E-state index in [-0.39, 0.29) is 22.2 Å². The Kier molecular flexibility index (Phi) is 10.4. The van der Waals surface area contributed by atoms with Crippen molar-refractivity contribution in [3.8, 4) is 0 Å². The first-order valence-electron chi connectivity index (χ1n) is 13.5. The van der Waals surface area contributed by atoms with Crippen molar-refractivity contribution in [3.05, 3.63) is 141 Å². The summed E-state index contributed by atoms with van der Waals surface area (Å²) in [6.07, 6.45) is 1.20. The van der Waals surface area contributed by atoms with Crippen LogP contribution in [0.15, 0.2) is 114 Å². The maximum atomic E-state index is 14.6. The Hall–Kier alpha value is -4.84. The Balaban J connectivity index is 1.34. The van der Waals surface area contributed by atoms with Gasteiger partial charge in [-0.25, -0.2) is 4.39 Å². The van der Waals surface area contributed by atoms with E-state index in [4.69, 9.17) is 11.6 Å². The average Bonchev–Trinajstić information content (AvgIpc) is 3.46. The molecule has 0 spiro atoms. The van der Waals surface area contributed by atoms with Gasteiger partial charge in [-0.2, -0.15) is 0 Å². The summed E-state index contributed by atoms with van der Waals surface area (Å²) in [5, 5.41) is 16.7. The summed E-state index contributed by atoms with van der Waals surface area (Å²) in [6.45, 7) is 1.81. The van der Waals surface area contributed by atoms with Crippen molar-refractivity contribution in [2.24, 2.45) is 0 Å². The molecule has 4 aromatic carbocycles. The van der Waals surface area contributed by atoms with Crippen LogP contribution < -0.4 is 16.0 Å². The number of nitrogens with one attached hydrogen (secondary N) is 3. The van der Waals surface area contributed by atoms with Gasteiger partial charge in [0, 0.05) is 21.7 Å². The van der Waals surface area contributed by atoms with Crippen LogP contribution in [0.4, 0.5) is 15.2 Å². The standard InChI is InChI=1S/C33H25ClFN5O3S2/c1-20-39-40-33(44-20)38-32(43)29(21-9-4-2-5-10-21)45-24-17-15-23(16-18-24)36-31(42)28(19-25-26(34)13-8-14-27(25)35)37-30(41)22-11-6-3-7-12-22/h2-19,29H,1H3,(H,36,42)(H,37,41)(H,38,40,43)/b28-19-. The van der Waals surface area contributed by atoms with E-state index >= 15 is 0 Å². The fourth-order valence-corrected chi connectivity index (χ4v) is 5.94. The quantitative estimate of drug-likeness (QED) is 0.106. The lowest BCUT2D eigenvalue weighted by Crippen LogP contribution is -2.30. The molecule has 1 heterocycles. The van der Waals surface area contributed by atoms with Gasteiger partial charge in [0.15, 0.2) is 0 Å². The minimum atomic E-state index is -0.687. The fourth-order valence-electron chi connectivity index (χ4n) is 4.11. The van der Waals surface area contributed by atoms with E-state index in [0.717, 1.165) is 15.5 Å². The molecule has 3 N–H and O–H groups in total. The highest BCUT2D eigenvalue weighted by molar-refractivity contribution is 8.00.